The van der Waals surface area contributed by atoms with Gasteiger partial charge in [0.25, 0.3) is 0 Å². The molecule has 1 fully saturated rings. The molecule has 1 aromatic heterocycles. The molecule has 6 nitrogen and oxygen atoms in total. The quantitative estimate of drug-likeness (QED) is 0.842. The summed E-state index contributed by atoms with van der Waals surface area (Å²) in [6, 6.07) is 9.42. The Labute approximate surface area is 157 Å². The molecule has 0 aliphatic carbocycles. The first-order valence-corrected chi connectivity index (χ1v) is 8.98. The lowest BCUT2D eigenvalue weighted by molar-refractivity contribution is -0.138. The van der Waals surface area contributed by atoms with Gasteiger partial charge < -0.3 is 14.6 Å². The fourth-order valence-electron chi connectivity index (χ4n) is 3.26. The molecular weight excluding hydrogens is 349 g/mol. The zero-order valence-electron chi connectivity index (χ0n) is 15.6. The lowest BCUT2D eigenvalue weighted by atomic mass is 10.1. The minimum atomic E-state index is -0.574. The van der Waals surface area contributed by atoms with E-state index < -0.39 is 6.04 Å². The summed E-state index contributed by atoms with van der Waals surface area (Å²) in [6.07, 6.45) is 0.0668. The predicted molar refractivity (Wildman–Crippen MR) is 98.1 cm³/mol. The minimum absolute atomic E-state index is 0.0668. The van der Waals surface area contributed by atoms with Crippen molar-refractivity contribution in [2.75, 3.05) is 20.1 Å². The smallest absolute Gasteiger partial charge is 0.237 e. The molecule has 1 N–H and O–H groups in total. The van der Waals surface area contributed by atoms with Gasteiger partial charge in [0.05, 0.1) is 19.0 Å². The van der Waals surface area contributed by atoms with Gasteiger partial charge in [-0.15, -0.1) is 0 Å². The van der Waals surface area contributed by atoms with Gasteiger partial charge in [-0.05, 0) is 36.8 Å². The van der Waals surface area contributed by atoms with Gasteiger partial charge in [0, 0.05) is 26.7 Å². The molecule has 1 atom stereocenters. The van der Waals surface area contributed by atoms with E-state index in [4.69, 9.17) is 4.42 Å². The van der Waals surface area contributed by atoms with E-state index in [1.165, 1.54) is 12.1 Å². The fraction of sp³-hybridized carbons (Fsp3) is 0.400. The van der Waals surface area contributed by atoms with E-state index in [1.807, 2.05) is 30.0 Å². The van der Waals surface area contributed by atoms with Crippen molar-refractivity contribution in [1.29, 1.82) is 0 Å². The fourth-order valence-corrected chi connectivity index (χ4v) is 3.26. The van der Waals surface area contributed by atoms with E-state index in [0.29, 0.717) is 31.9 Å². The highest BCUT2D eigenvalue weighted by molar-refractivity contribution is 5.88. The van der Waals surface area contributed by atoms with Crippen LogP contribution in [0.25, 0.3) is 0 Å². The summed E-state index contributed by atoms with van der Waals surface area (Å²) in [4.78, 5) is 28.5. The second-order valence-corrected chi connectivity index (χ2v) is 6.87. The summed E-state index contributed by atoms with van der Waals surface area (Å²) >= 11 is 0. The van der Waals surface area contributed by atoms with E-state index in [9.17, 15) is 14.0 Å². The van der Waals surface area contributed by atoms with Crippen molar-refractivity contribution in [3.63, 3.8) is 0 Å². The lowest BCUT2D eigenvalue weighted by Gasteiger charge is -2.35. The summed E-state index contributed by atoms with van der Waals surface area (Å²) in [5.74, 6) is 0.866. The SMILES string of the molecule is Cc1ccc(CN(C)C(=O)CC2C(=O)NCCN2Cc2cccc(F)c2)o1. The molecule has 0 bridgehead atoms. The molecule has 7 heteroatoms. The molecule has 2 aromatic rings. The maximum atomic E-state index is 13.5. The number of rotatable bonds is 6. The van der Waals surface area contributed by atoms with E-state index >= 15 is 0 Å². The Hall–Kier alpha value is -2.67. The average molecular weight is 373 g/mol. The topological polar surface area (TPSA) is 65.8 Å². The van der Waals surface area contributed by atoms with Gasteiger partial charge in [-0.25, -0.2) is 4.39 Å². The standard InChI is InChI=1S/C20H24FN3O3/c1-14-6-7-17(27-14)13-23(2)19(25)11-18-20(26)22-8-9-24(18)12-15-4-3-5-16(21)10-15/h3-7,10,18H,8-9,11-13H2,1-2H3,(H,22,26). The molecule has 27 heavy (non-hydrogen) atoms. The maximum Gasteiger partial charge on any atom is 0.237 e. The maximum absolute atomic E-state index is 13.5. The second-order valence-electron chi connectivity index (χ2n) is 6.87. The van der Waals surface area contributed by atoms with Gasteiger partial charge in [-0.1, -0.05) is 12.1 Å². The number of piperazine rings is 1. The van der Waals surface area contributed by atoms with Crippen molar-refractivity contribution < 1.29 is 18.4 Å². The summed E-state index contributed by atoms with van der Waals surface area (Å²) in [5, 5.41) is 2.81. The number of carbonyl (C=O) groups excluding carboxylic acids is 2. The first-order valence-electron chi connectivity index (χ1n) is 8.98. The zero-order chi connectivity index (χ0) is 19.4. The Morgan fingerprint density at radius 3 is 2.89 bits per heavy atom. The monoisotopic (exact) mass is 373 g/mol. The molecule has 2 amide bonds. The number of nitrogens with zero attached hydrogens (tertiary/aromatic N) is 2. The van der Waals surface area contributed by atoms with Crippen LogP contribution in [0.2, 0.25) is 0 Å². The third-order valence-corrected chi connectivity index (χ3v) is 4.70. The number of halogens is 1. The Morgan fingerprint density at radius 2 is 2.19 bits per heavy atom. The van der Waals surface area contributed by atoms with Crippen molar-refractivity contribution in [2.45, 2.75) is 32.5 Å². The van der Waals surface area contributed by atoms with E-state index in [2.05, 4.69) is 5.32 Å². The van der Waals surface area contributed by atoms with Gasteiger partial charge in [-0.3, -0.25) is 14.5 Å². The number of hydrogen-bond acceptors (Lipinski definition) is 4. The third kappa shape index (κ3) is 4.95. The average Bonchev–Trinajstić information content (AvgIpc) is 3.02. The van der Waals surface area contributed by atoms with Crippen LogP contribution in [0.5, 0.6) is 0 Å². The first kappa shape index (κ1) is 19.1. The molecule has 0 spiro atoms. The molecule has 144 valence electrons. The van der Waals surface area contributed by atoms with Gasteiger partial charge in [0.2, 0.25) is 11.8 Å². The van der Waals surface area contributed by atoms with Crippen molar-refractivity contribution in [3.8, 4) is 0 Å². The summed E-state index contributed by atoms with van der Waals surface area (Å²) in [5.41, 5.74) is 0.779. The Morgan fingerprint density at radius 1 is 1.37 bits per heavy atom. The van der Waals surface area contributed by atoms with Crippen LogP contribution in [0.15, 0.2) is 40.8 Å². The van der Waals surface area contributed by atoms with Crippen LogP contribution in [0.4, 0.5) is 4.39 Å². The number of amides is 2. The molecule has 1 unspecified atom stereocenters. The largest absolute Gasteiger partial charge is 0.464 e. The molecule has 1 saturated heterocycles. The van der Waals surface area contributed by atoms with Crippen LogP contribution in [0.1, 0.15) is 23.5 Å². The van der Waals surface area contributed by atoms with Gasteiger partial charge in [0.1, 0.15) is 17.3 Å². The van der Waals surface area contributed by atoms with Crippen molar-refractivity contribution in [3.05, 3.63) is 59.3 Å². The molecule has 1 aromatic carbocycles. The summed E-state index contributed by atoms with van der Waals surface area (Å²) < 4.78 is 19.0. The Bertz CT molecular complexity index is 820. The number of carbonyl (C=O) groups is 2. The Balaban J connectivity index is 1.65. The molecule has 1 aliphatic rings. The van der Waals surface area contributed by atoms with Crippen molar-refractivity contribution in [1.82, 2.24) is 15.1 Å². The first-order chi connectivity index (χ1) is 12.9. The van der Waals surface area contributed by atoms with E-state index in [1.54, 1.807) is 18.0 Å². The van der Waals surface area contributed by atoms with Crippen molar-refractivity contribution >= 4 is 11.8 Å². The molecular formula is C20H24FN3O3. The van der Waals surface area contributed by atoms with E-state index in [-0.39, 0.29) is 24.1 Å². The number of aryl methyl sites for hydroxylation is 1. The van der Waals surface area contributed by atoms with Crippen LogP contribution >= 0.6 is 0 Å². The highest BCUT2D eigenvalue weighted by Crippen LogP contribution is 2.17. The van der Waals surface area contributed by atoms with Crippen LogP contribution in [-0.2, 0) is 22.7 Å². The van der Waals surface area contributed by atoms with Gasteiger partial charge >= 0.3 is 0 Å². The highest BCUT2D eigenvalue weighted by atomic mass is 19.1. The number of furan rings is 1. The van der Waals surface area contributed by atoms with E-state index in [0.717, 1.165) is 11.3 Å². The Kier molecular flexibility index (Phi) is 5.91. The number of hydrogen-bond donors (Lipinski definition) is 1. The van der Waals surface area contributed by atoms with Gasteiger partial charge in [0.15, 0.2) is 0 Å². The van der Waals surface area contributed by atoms with Crippen molar-refractivity contribution in [2.24, 2.45) is 0 Å². The number of benzene rings is 1. The zero-order valence-corrected chi connectivity index (χ0v) is 15.6. The van der Waals surface area contributed by atoms with Crippen LogP contribution in [0, 0.1) is 12.7 Å². The third-order valence-electron chi connectivity index (χ3n) is 4.70. The number of nitrogens with one attached hydrogen (secondary N) is 1. The van der Waals surface area contributed by atoms with Crippen LogP contribution in [-0.4, -0.2) is 47.8 Å². The molecule has 2 heterocycles. The highest BCUT2D eigenvalue weighted by Gasteiger charge is 2.32. The lowest BCUT2D eigenvalue weighted by Crippen LogP contribution is -2.56. The van der Waals surface area contributed by atoms with Crippen LogP contribution in [0.3, 0.4) is 0 Å². The second kappa shape index (κ2) is 8.35. The van der Waals surface area contributed by atoms with Crippen LogP contribution < -0.4 is 5.32 Å². The summed E-state index contributed by atoms with van der Waals surface area (Å²) in [6.45, 7) is 3.75. The normalized spacial score (nSPS) is 17.6. The van der Waals surface area contributed by atoms with Gasteiger partial charge in [-0.2, -0.15) is 0 Å². The molecule has 0 radical (unpaired) electrons. The molecule has 3 rings (SSSR count). The summed E-state index contributed by atoms with van der Waals surface area (Å²) in [7, 11) is 1.69. The predicted octanol–water partition coefficient (Wildman–Crippen LogP) is 2.08. The molecule has 1 aliphatic heterocycles. The molecule has 0 saturated carbocycles. The minimum Gasteiger partial charge on any atom is -0.464 e.